The number of anilines is 1. The molecule has 0 fully saturated rings. The van der Waals surface area contributed by atoms with Gasteiger partial charge in [-0.3, -0.25) is 9.82 Å². The Balaban J connectivity index is 2.41. The van der Waals surface area contributed by atoms with E-state index in [4.69, 9.17) is 9.47 Å². The number of methoxy groups -OCH3 is 2. The van der Waals surface area contributed by atoms with Gasteiger partial charge in [-0.15, -0.1) is 0 Å². The smallest absolute Gasteiger partial charge is 0.265 e. The molecule has 0 radical (unpaired) electrons. The summed E-state index contributed by atoms with van der Waals surface area (Å²) in [5, 5.41) is 6.29. The van der Waals surface area contributed by atoms with Crippen molar-refractivity contribution in [2.75, 3.05) is 18.9 Å². The Morgan fingerprint density at radius 2 is 2.00 bits per heavy atom. The van der Waals surface area contributed by atoms with Gasteiger partial charge in [-0.1, -0.05) is 0 Å². The third-order valence-electron chi connectivity index (χ3n) is 2.72. The molecule has 0 unspecified atom stereocenters. The summed E-state index contributed by atoms with van der Waals surface area (Å²) in [6.07, 6.45) is 1.25. The first kappa shape index (κ1) is 14.2. The Labute approximate surface area is 117 Å². The zero-order chi connectivity index (χ0) is 14.8. The van der Waals surface area contributed by atoms with Crippen molar-refractivity contribution < 1.29 is 17.9 Å². The van der Waals surface area contributed by atoms with Crippen molar-refractivity contribution >= 4 is 15.7 Å². The molecule has 1 aromatic heterocycles. The number of ether oxygens (including phenoxy) is 2. The molecule has 108 valence electrons. The van der Waals surface area contributed by atoms with E-state index in [1.165, 1.54) is 20.4 Å². The minimum absolute atomic E-state index is 0.0855. The predicted octanol–water partition coefficient (Wildman–Crippen LogP) is 1.54. The van der Waals surface area contributed by atoms with Crippen LogP contribution >= 0.6 is 0 Å². The van der Waals surface area contributed by atoms with E-state index < -0.39 is 10.0 Å². The van der Waals surface area contributed by atoms with Crippen molar-refractivity contribution in [2.24, 2.45) is 0 Å². The van der Waals surface area contributed by atoms with Crippen LogP contribution in [0.5, 0.6) is 11.5 Å². The van der Waals surface area contributed by atoms with E-state index >= 15 is 0 Å². The Bertz CT molecular complexity index is 709. The maximum atomic E-state index is 12.3. The lowest BCUT2D eigenvalue weighted by Crippen LogP contribution is -2.14. The quantitative estimate of drug-likeness (QED) is 0.873. The molecule has 0 spiro atoms. The van der Waals surface area contributed by atoms with Crippen LogP contribution in [0.3, 0.4) is 0 Å². The molecule has 2 aromatic rings. The van der Waals surface area contributed by atoms with Gasteiger partial charge in [0.05, 0.1) is 31.8 Å². The fourth-order valence-corrected chi connectivity index (χ4v) is 2.90. The first-order chi connectivity index (χ1) is 9.47. The lowest BCUT2D eigenvalue weighted by molar-refractivity contribution is 0.405. The molecule has 0 bridgehead atoms. The SMILES string of the molecule is COc1ccc(OC)c(NS(=O)(=O)c2cn[nH]c2C)c1. The maximum Gasteiger partial charge on any atom is 0.265 e. The minimum atomic E-state index is -3.74. The van der Waals surface area contributed by atoms with Crippen LogP contribution in [0, 0.1) is 6.92 Å². The van der Waals surface area contributed by atoms with E-state index in [1.54, 1.807) is 25.1 Å². The molecular weight excluding hydrogens is 282 g/mol. The van der Waals surface area contributed by atoms with E-state index in [0.29, 0.717) is 22.9 Å². The molecule has 0 saturated carbocycles. The normalized spacial score (nSPS) is 11.2. The highest BCUT2D eigenvalue weighted by Crippen LogP contribution is 2.31. The molecule has 8 heteroatoms. The number of aromatic nitrogens is 2. The molecule has 2 rings (SSSR count). The highest BCUT2D eigenvalue weighted by Gasteiger charge is 2.20. The Morgan fingerprint density at radius 1 is 1.25 bits per heavy atom. The van der Waals surface area contributed by atoms with E-state index in [0.717, 1.165) is 0 Å². The molecular formula is C12H15N3O4S. The van der Waals surface area contributed by atoms with Crippen molar-refractivity contribution in [3.8, 4) is 11.5 Å². The van der Waals surface area contributed by atoms with Crippen LogP contribution in [0.25, 0.3) is 0 Å². The summed E-state index contributed by atoms with van der Waals surface area (Å²) in [5.41, 5.74) is 0.756. The summed E-state index contributed by atoms with van der Waals surface area (Å²) in [7, 11) is -0.776. The third-order valence-corrected chi connectivity index (χ3v) is 4.20. The number of nitrogens with zero attached hydrogens (tertiary/aromatic N) is 1. The summed E-state index contributed by atoms with van der Waals surface area (Å²) >= 11 is 0. The predicted molar refractivity (Wildman–Crippen MR) is 73.7 cm³/mol. The van der Waals surface area contributed by atoms with E-state index in [2.05, 4.69) is 14.9 Å². The van der Waals surface area contributed by atoms with Crippen LogP contribution in [0.15, 0.2) is 29.3 Å². The monoisotopic (exact) mass is 297 g/mol. The zero-order valence-corrected chi connectivity index (χ0v) is 12.1. The number of sulfonamides is 1. The van der Waals surface area contributed by atoms with Crippen molar-refractivity contribution in [1.29, 1.82) is 0 Å². The standard InChI is InChI=1S/C12H15N3O4S/c1-8-12(7-13-14-8)20(16,17)15-10-6-9(18-2)4-5-11(10)19-3/h4-7,15H,1-3H3,(H,13,14). The summed E-state index contributed by atoms with van der Waals surface area (Å²) < 4.78 is 37.2. The van der Waals surface area contributed by atoms with E-state index in [9.17, 15) is 8.42 Å². The molecule has 0 atom stereocenters. The Morgan fingerprint density at radius 3 is 2.55 bits per heavy atom. The summed E-state index contributed by atoms with van der Waals surface area (Å²) in [6.45, 7) is 1.63. The second-order valence-corrected chi connectivity index (χ2v) is 5.68. The number of hydrogen-bond donors (Lipinski definition) is 2. The molecule has 2 N–H and O–H groups in total. The fourth-order valence-electron chi connectivity index (χ4n) is 1.70. The van der Waals surface area contributed by atoms with Crippen molar-refractivity contribution in [3.05, 3.63) is 30.1 Å². The van der Waals surface area contributed by atoms with Gasteiger partial charge >= 0.3 is 0 Å². The molecule has 20 heavy (non-hydrogen) atoms. The van der Waals surface area contributed by atoms with E-state index in [1.807, 2.05) is 0 Å². The number of rotatable bonds is 5. The second kappa shape index (κ2) is 5.41. The molecule has 0 amide bonds. The first-order valence-corrected chi connectivity index (χ1v) is 7.21. The Kier molecular flexibility index (Phi) is 3.84. The van der Waals surface area contributed by atoms with Crippen LogP contribution in [0.1, 0.15) is 5.69 Å². The zero-order valence-electron chi connectivity index (χ0n) is 11.3. The van der Waals surface area contributed by atoms with E-state index in [-0.39, 0.29) is 4.90 Å². The van der Waals surface area contributed by atoms with Crippen LogP contribution in [0.4, 0.5) is 5.69 Å². The number of H-pyrrole nitrogens is 1. The third kappa shape index (κ3) is 2.69. The van der Waals surface area contributed by atoms with Gasteiger partial charge in [0.1, 0.15) is 16.4 Å². The van der Waals surface area contributed by atoms with Crippen molar-refractivity contribution in [2.45, 2.75) is 11.8 Å². The van der Waals surface area contributed by atoms with Crippen LogP contribution in [-0.2, 0) is 10.0 Å². The molecule has 7 nitrogen and oxygen atoms in total. The minimum Gasteiger partial charge on any atom is -0.497 e. The molecule has 0 aliphatic carbocycles. The Hall–Kier alpha value is -2.22. The van der Waals surface area contributed by atoms with Crippen LogP contribution in [-0.4, -0.2) is 32.8 Å². The van der Waals surface area contributed by atoms with Gasteiger partial charge in [0.25, 0.3) is 10.0 Å². The topological polar surface area (TPSA) is 93.3 Å². The van der Waals surface area contributed by atoms with Gasteiger partial charge in [0.15, 0.2) is 0 Å². The first-order valence-electron chi connectivity index (χ1n) is 5.72. The van der Waals surface area contributed by atoms with Crippen LogP contribution < -0.4 is 14.2 Å². The van der Waals surface area contributed by atoms with Gasteiger partial charge in [-0.2, -0.15) is 5.10 Å². The number of nitrogens with one attached hydrogen (secondary N) is 2. The molecule has 0 aliphatic heterocycles. The summed E-state index contributed by atoms with van der Waals surface area (Å²) in [6, 6.07) is 4.85. The molecule has 1 aromatic carbocycles. The summed E-state index contributed by atoms with van der Waals surface area (Å²) in [5.74, 6) is 0.919. The fraction of sp³-hybridized carbons (Fsp3) is 0.250. The van der Waals surface area contributed by atoms with Gasteiger partial charge < -0.3 is 9.47 Å². The number of benzene rings is 1. The molecule has 1 heterocycles. The molecule has 0 saturated heterocycles. The maximum absolute atomic E-state index is 12.3. The number of hydrogen-bond acceptors (Lipinski definition) is 5. The number of aryl methyl sites for hydroxylation is 1. The average Bonchev–Trinajstić information content (AvgIpc) is 2.85. The second-order valence-electron chi connectivity index (χ2n) is 4.03. The van der Waals surface area contributed by atoms with Crippen LogP contribution in [0.2, 0.25) is 0 Å². The van der Waals surface area contributed by atoms with Gasteiger partial charge in [0, 0.05) is 6.07 Å². The lowest BCUT2D eigenvalue weighted by Gasteiger charge is -2.12. The summed E-state index contributed by atoms with van der Waals surface area (Å²) in [4.78, 5) is 0.0855. The average molecular weight is 297 g/mol. The van der Waals surface area contributed by atoms with Crippen molar-refractivity contribution in [3.63, 3.8) is 0 Å². The largest absolute Gasteiger partial charge is 0.497 e. The van der Waals surface area contributed by atoms with Gasteiger partial charge in [-0.25, -0.2) is 8.42 Å². The number of aromatic amines is 1. The molecule has 0 aliphatic rings. The lowest BCUT2D eigenvalue weighted by atomic mass is 10.3. The van der Waals surface area contributed by atoms with Crippen molar-refractivity contribution in [1.82, 2.24) is 10.2 Å². The highest BCUT2D eigenvalue weighted by molar-refractivity contribution is 7.92. The van der Waals surface area contributed by atoms with Gasteiger partial charge in [-0.05, 0) is 19.1 Å². The van der Waals surface area contributed by atoms with Gasteiger partial charge in [0.2, 0.25) is 0 Å². The highest BCUT2D eigenvalue weighted by atomic mass is 32.2.